The zero-order chi connectivity index (χ0) is 18.8. The molecule has 4 atom stereocenters. The van der Waals surface area contributed by atoms with E-state index in [1.54, 1.807) is 45.1 Å². The first-order valence-electron chi connectivity index (χ1n) is 8.57. The maximum absolute atomic E-state index is 12.5. The molecule has 0 aromatic heterocycles. The minimum Gasteiger partial charge on any atom is -0.393 e. The van der Waals surface area contributed by atoms with Crippen molar-refractivity contribution < 1.29 is 30.0 Å². The zero-order valence-electron chi connectivity index (χ0n) is 15.0. The molecule has 0 spiro atoms. The van der Waals surface area contributed by atoms with Crippen LogP contribution < -0.4 is 0 Å². The van der Waals surface area contributed by atoms with Crippen LogP contribution >= 0.6 is 0 Å². The van der Waals surface area contributed by atoms with Gasteiger partial charge in [-0.1, -0.05) is 24.3 Å². The summed E-state index contributed by atoms with van der Waals surface area (Å²) in [4.78, 5) is 12.5. The molecule has 1 aliphatic carbocycles. The van der Waals surface area contributed by atoms with Gasteiger partial charge in [0.25, 0.3) is 0 Å². The predicted octanol–water partition coefficient (Wildman–Crippen LogP) is 0.791. The number of carbonyl (C=O) groups excluding carboxylic acids is 1. The maximum Gasteiger partial charge on any atom is 0.166 e. The summed E-state index contributed by atoms with van der Waals surface area (Å²) in [5.74, 6) is -0.261. The molecule has 0 radical (unpaired) electrons. The number of ether oxygens (including phenoxy) is 1. The molecule has 0 bridgehead atoms. The van der Waals surface area contributed by atoms with E-state index >= 15 is 0 Å². The van der Waals surface area contributed by atoms with Gasteiger partial charge in [0.1, 0.15) is 11.7 Å². The van der Waals surface area contributed by atoms with Crippen molar-refractivity contribution in [1.29, 1.82) is 0 Å². The summed E-state index contributed by atoms with van der Waals surface area (Å²) in [7, 11) is 0. The maximum atomic E-state index is 12.5. The summed E-state index contributed by atoms with van der Waals surface area (Å²) in [6, 6.07) is 0. The second-order valence-electron chi connectivity index (χ2n) is 7.54. The van der Waals surface area contributed by atoms with Crippen LogP contribution in [0.25, 0.3) is 0 Å². The van der Waals surface area contributed by atoms with Gasteiger partial charge in [-0.25, -0.2) is 0 Å². The Balaban J connectivity index is 2.27. The monoisotopic (exact) mass is 352 g/mol. The number of ketones is 1. The Labute approximate surface area is 148 Å². The first kappa shape index (κ1) is 20.0. The predicted molar refractivity (Wildman–Crippen MR) is 92.8 cm³/mol. The van der Waals surface area contributed by atoms with Crippen molar-refractivity contribution in [1.82, 2.24) is 0 Å². The molecule has 2 aliphatic rings. The highest BCUT2D eigenvalue weighted by molar-refractivity contribution is 6.01. The third-order valence-corrected chi connectivity index (χ3v) is 4.70. The largest absolute Gasteiger partial charge is 0.393 e. The van der Waals surface area contributed by atoms with Gasteiger partial charge < -0.3 is 25.2 Å². The highest BCUT2D eigenvalue weighted by Gasteiger charge is 2.56. The summed E-state index contributed by atoms with van der Waals surface area (Å²) >= 11 is 0. The number of fused-ring (bicyclic) bond motifs is 1. The fraction of sp³-hybridized carbons (Fsp3) is 0.632. The van der Waals surface area contributed by atoms with Crippen molar-refractivity contribution in [2.75, 3.05) is 6.61 Å². The Hall–Kier alpha value is -1.31. The van der Waals surface area contributed by atoms with Gasteiger partial charge in [-0.05, 0) is 32.8 Å². The molecule has 140 valence electrons. The summed E-state index contributed by atoms with van der Waals surface area (Å²) in [6.45, 7) is 4.46. The first-order valence-corrected chi connectivity index (χ1v) is 8.57. The van der Waals surface area contributed by atoms with Crippen LogP contribution in [0.5, 0.6) is 0 Å². The standard InChI is InChI=1S/C19H28O6/c1-12(21)7-5-4-6-8-13-14(11-20)17-19(24,9-15(13)22)10-16(25-17)18(2,3)23/h4-6,8,12,16-17,20-21,23-24H,7,9-11H2,1-3H3. The van der Waals surface area contributed by atoms with E-state index in [2.05, 4.69) is 0 Å². The molecule has 6 nitrogen and oxygen atoms in total. The minimum atomic E-state index is -1.40. The van der Waals surface area contributed by atoms with Gasteiger partial charge in [-0.15, -0.1) is 0 Å². The highest BCUT2D eigenvalue weighted by atomic mass is 16.5. The number of carbonyl (C=O) groups is 1. The fourth-order valence-corrected chi connectivity index (χ4v) is 3.32. The van der Waals surface area contributed by atoms with Crippen LogP contribution in [-0.2, 0) is 9.53 Å². The number of Topliss-reactive ketones (excluding diaryl/α,β-unsaturated/α-hetero) is 1. The molecule has 0 amide bonds. The van der Waals surface area contributed by atoms with E-state index in [0.29, 0.717) is 17.6 Å². The van der Waals surface area contributed by atoms with E-state index in [4.69, 9.17) is 4.74 Å². The zero-order valence-corrected chi connectivity index (χ0v) is 15.0. The van der Waals surface area contributed by atoms with Crippen LogP contribution in [0.4, 0.5) is 0 Å². The number of rotatable bonds is 6. The van der Waals surface area contributed by atoms with Gasteiger partial charge in [-0.2, -0.15) is 0 Å². The Morgan fingerprint density at radius 3 is 2.64 bits per heavy atom. The lowest BCUT2D eigenvalue weighted by Gasteiger charge is -2.34. The Bertz CT molecular complexity index is 596. The molecular weight excluding hydrogens is 324 g/mol. The fourth-order valence-electron chi connectivity index (χ4n) is 3.32. The summed E-state index contributed by atoms with van der Waals surface area (Å²) in [6.07, 6.45) is 5.42. The van der Waals surface area contributed by atoms with Crippen molar-refractivity contribution in [3.8, 4) is 0 Å². The van der Waals surface area contributed by atoms with Crippen LogP contribution in [0.3, 0.4) is 0 Å². The Kier molecular flexibility index (Phi) is 6.01. The van der Waals surface area contributed by atoms with Crippen LogP contribution in [-0.4, -0.2) is 62.3 Å². The molecular formula is C19H28O6. The smallest absolute Gasteiger partial charge is 0.166 e. The van der Waals surface area contributed by atoms with E-state index in [1.165, 1.54) is 0 Å². The molecule has 0 aromatic rings. The Morgan fingerprint density at radius 2 is 2.08 bits per heavy atom. The highest BCUT2D eigenvalue weighted by Crippen LogP contribution is 2.45. The third kappa shape index (κ3) is 4.46. The van der Waals surface area contributed by atoms with E-state index in [1.807, 2.05) is 0 Å². The molecule has 0 aromatic carbocycles. The van der Waals surface area contributed by atoms with Crippen molar-refractivity contribution >= 4 is 5.78 Å². The molecule has 1 heterocycles. The van der Waals surface area contributed by atoms with E-state index in [9.17, 15) is 25.2 Å². The number of aliphatic hydroxyl groups is 4. The summed E-state index contributed by atoms with van der Waals surface area (Å²) < 4.78 is 5.82. The molecule has 4 unspecified atom stereocenters. The third-order valence-electron chi connectivity index (χ3n) is 4.70. The van der Waals surface area contributed by atoms with Gasteiger partial charge in [0.15, 0.2) is 5.78 Å². The molecule has 1 aliphatic heterocycles. The lowest BCUT2D eigenvalue weighted by molar-refractivity contribution is -0.125. The van der Waals surface area contributed by atoms with Gasteiger partial charge >= 0.3 is 0 Å². The van der Waals surface area contributed by atoms with Gasteiger partial charge in [0.05, 0.1) is 24.4 Å². The van der Waals surface area contributed by atoms with Crippen LogP contribution in [0.15, 0.2) is 35.5 Å². The molecule has 1 saturated heterocycles. The summed E-state index contributed by atoms with van der Waals surface area (Å²) in [5.41, 5.74) is -1.89. The van der Waals surface area contributed by atoms with Crippen LogP contribution in [0.2, 0.25) is 0 Å². The molecule has 6 heteroatoms. The van der Waals surface area contributed by atoms with Crippen molar-refractivity contribution in [3.63, 3.8) is 0 Å². The van der Waals surface area contributed by atoms with Gasteiger partial charge in [0.2, 0.25) is 0 Å². The van der Waals surface area contributed by atoms with E-state index < -0.39 is 36.1 Å². The van der Waals surface area contributed by atoms with E-state index in [0.717, 1.165) is 0 Å². The number of aliphatic hydroxyl groups excluding tert-OH is 2. The van der Waals surface area contributed by atoms with Gasteiger partial charge in [0, 0.05) is 18.4 Å². The topological polar surface area (TPSA) is 107 Å². The average molecular weight is 352 g/mol. The second-order valence-corrected chi connectivity index (χ2v) is 7.54. The van der Waals surface area contributed by atoms with Crippen LogP contribution in [0, 0.1) is 0 Å². The lowest BCUT2D eigenvalue weighted by Crippen LogP contribution is -2.46. The van der Waals surface area contributed by atoms with Crippen molar-refractivity contribution in [2.45, 2.75) is 69.5 Å². The molecule has 1 fully saturated rings. The second kappa shape index (κ2) is 7.51. The quantitative estimate of drug-likeness (QED) is 0.527. The normalized spacial score (nSPS) is 32.0. The number of hydrogen-bond donors (Lipinski definition) is 4. The minimum absolute atomic E-state index is 0.106. The van der Waals surface area contributed by atoms with Gasteiger partial charge in [-0.3, -0.25) is 4.79 Å². The summed E-state index contributed by atoms with van der Waals surface area (Å²) in [5, 5.41) is 40.0. The molecule has 2 rings (SSSR count). The van der Waals surface area contributed by atoms with Crippen molar-refractivity contribution in [2.24, 2.45) is 0 Å². The molecule has 0 saturated carbocycles. The lowest BCUT2D eigenvalue weighted by atomic mass is 9.75. The SMILES string of the molecule is CC(O)CC=CC=CC1=C(CO)C2OC(C(C)(C)O)CC2(O)CC1=O. The van der Waals surface area contributed by atoms with Crippen LogP contribution in [0.1, 0.15) is 40.0 Å². The Morgan fingerprint density at radius 1 is 1.40 bits per heavy atom. The number of hydrogen-bond acceptors (Lipinski definition) is 6. The average Bonchev–Trinajstić information content (AvgIpc) is 2.83. The first-order chi connectivity index (χ1) is 11.6. The molecule has 4 N–H and O–H groups in total. The number of allylic oxidation sites excluding steroid dienone is 4. The molecule has 25 heavy (non-hydrogen) atoms. The van der Waals surface area contributed by atoms with E-state index in [-0.39, 0.29) is 18.6 Å². The van der Waals surface area contributed by atoms with Crippen molar-refractivity contribution in [3.05, 3.63) is 35.5 Å².